The summed E-state index contributed by atoms with van der Waals surface area (Å²) in [5.74, 6) is -0.811. The van der Waals surface area contributed by atoms with Crippen LogP contribution in [0.5, 0.6) is 0 Å². The number of hydrogen-bond acceptors (Lipinski definition) is 10. The summed E-state index contributed by atoms with van der Waals surface area (Å²) in [5, 5.41) is 0. The lowest BCUT2D eigenvalue weighted by Gasteiger charge is -2.34. The SMILES string of the molecule is CC(C)(C)OC(=O)C(Cc1ccc(B2OC(C)(C)C(C)(C)O2)cc1B1OC(C)(C)C(C)(C)O1)N(C(=O)OC(C)(C)C)C(=O)OC(C)(C)C. The van der Waals surface area contributed by atoms with E-state index in [1.807, 2.05) is 67.5 Å². The number of carbonyl (C=O) groups is 3. The van der Waals surface area contributed by atoms with E-state index >= 15 is 0 Å². The molecule has 2 fully saturated rings. The fourth-order valence-electron chi connectivity index (χ4n) is 4.92. The van der Waals surface area contributed by atoms with E-state index in [0.29, 0.717) is 21.4 Å². The molecule has 0 saturated carbocycles. The van der Waals surface area contributed by atoms with Gasteiger partial charge in [-0.2, -0.15) is 4.90 Å². The van der Waals surface area contributed by atoms with E-state index in [1.165, 1.54) is 0 Å². The minimum absolute atomic E-state index is 0.156. The molecule has 0 spiro atoms. The summed E-state index contributed by atoms with van der Waals surface area (Å²) < 4.78 is 42.7. The lowest BCUT2D eigenvalue weighted by molar-refractivity contribution is -0.161. The van der Waals surface area contributed by atoms with Gasteiger partial charge in [-0.05, 0) is 134 Å². The van der Waals surface area contributed by atoms with Crippen molar-refractivity contribution < 1.29 is 47.2 Å². The maximum absolute atomic E-state index is 14.0. The van der Waals surface area contributed by atoms with Crippen LogP contribution in [0, 0.1) is 0 Å². The van der Waals surface area contributed by atoms with Crippen molar-refractivity contribution >= 4 is 43.3 Å². The lowest BCUT2D eigenvalue weighted by Crippen LogP contribution is -2.55. The molecule has 2 amide bonds. The van der Waals surface area contributed by atoms with Crippen molar-refractivity contribution in [3.8, 4) is 0 Å². The van der Waals surface area contributed by atoms with Gasteiger partial charge in [0.05, 0.1) is 22.4 Å². The van der Waals surface area contributed by atoms with E-state index < -0.39 is 77.6 Å². The molecule has 3 rings (SSSR count). The maximum Gasteiger partial charge on any atom is 0.495 e. The molecule has 268 valence electrons. The average Bonchev–Trinajstić information content (AvgIpc) is 3.19. The minimum atomic E-state index is -1.47. The number of benzene rings is 1. The van der Waals surface area contributed by atoms with Crippen LogP contribution in [-0.2, 0) is 44.0 Å². The predicted octanol–water partition coefficient (Wildman–Crippen LogP) is 5.71. The number of esters is 1. The first-order chi connectivity index (χ1) is 21.3. The molecule has 0 radical (unpaired) electrons. The number of imide groups is 1. The Hall–Kier alpha value is -2.60. The van der Waals surface area contributed by atoms with E-state index in [2.05, 4.69) is 0 Å². The first kappa shape index (κ1) is 39.8. The van der Waals surface area contributed by atoms with Crippen molar-refractivity contribution in [2.75, 3.05) is 0 Å². The highest BCUT2D eigenvalue weighted by Crippen LogP contribution is 2.38. The molecule has 2 aliphatic rings. The predicted molar refractivity (Wildman–Crippen MR) is 186 cm³/mol. The van der Waals surface area contributed by atoms with Crippen LogP contribution in [0.2, 0.25) is 0 Å². The van der Waals surface area contributed by atoms with Crippen LogP contribution < -0.4 is 10.9 Å². The van der Waals surface area contributed by atoms with Gasteiger partial charge in [0.25, 0.3) is 0 Å². The van der Waals surface area contributed by atoms with Crippen LogP contribution in [0.4, 0.5) is 9.59 Å². The van der Waals surface area contributed by atoms with Gasteiger partial charge in [0.2, 0.25) is 0 Å². The van der Waals surface area contributed by atoms with Gasteiger partial charge in [-0.1, -0.05) is 18.2 Å². The summed E-state index contributed by atoms with van der Waals surface area (Å²) >= 11 is 0. The van der Waals surface area contributed by atoms with E-state index in [1.54, 1.807) is 68.4 Å². The highest BCUT2D eigenvalue weighted by atomic mass is 16.7. The Morgan fingerprint density at radius 2 is 1.02 bits per heavy atom. The molecule has 2 aliphatic heterocycles. The Morgan fingerprint density at radius 1 is 0.646 bits per heavy atom. The van der Waals surface area contributed by atoms with Gasteiger partial charge in [0.1, 0.15) is 22.8 Å². The van der Waals surface area contributed by atoms with Crippen LogP contribution in [0.1, 0.15) is 123 Å². The van der Waals surface area contributed by atoms with Crippen LogP contribution in [-0.4, -0.2) is 82.5 Å². The first-order valence-corrected chi connectivity index (χ1v) is 16.7. The lowest BCUT2D eigenvalue weighted by atomic mass is 9.69. The van der Waals surface area contributed by atoms with E-state index in [-0.39, 0.29) is 6.42 Å². The second-order valence-corrected chi connectivity index (χ2v) is 17.7. The van der Waals surface area contributed by atoms with Crippen LogP contribution in [0.15, 0.2) is 18.2 Å². The molecular weight excluding hydrogens is 616 g/mol. The summed E-state index contributed by atoms with van der Waals surface area (Å²) in [6, 6.07) is 4.04. The molecule has 1 aromatic carbocycles. The molecule has 0 aliphatic carbocycles. The molecule has 1 aromatic rings. The van der Waals surface area contributed by atoms with Crippen molar-refractivity contribution in [1.29, 1.82) is 0 Å². The van der Waals surface area contributed by atoms with Crippen molar-refractivity contribution in [2.45, 2.75) is 169 Å². The van der Waals surface area contributed by atoms with Gasteiger partial charge >= 0.3 is 32.4 Å². The van der Waals surface area contributed by atoms with Crippen LogP contribution in [0.3, 0.4) is 0 Å². The van der Waals surface area contributed by atoms with Crippen molar-refractivity contribution in [2.24, 2.45) is 0 Å². The van der Waals surface area contributed by atoms with Gasteiger partial charge < -0.3 is 32.8 Å². The van der Waals surface area contributed by atoms with E-state index in [9.17, 15) is 14.4 Å². The number of carbonyl (C=O) groups excluding carboxylic acids is 3. The van der Waals surface area contributed by atoms with Gasteiger partial charge in [-0.15, -0.1) is 0 Å². The molecule has 2 saturated heterocycles. The fourth-order valence-corrected chi connectivity index (χ4v) is 4.92. The number of rotatable bonds is 6. The average molecular weight is 673 g/mol. The molecule has 0 bridgehead atoms. The second kappa shape index (κ2) is 12.9. The van der Waals surface area contributed by atoms with E-state index in [0.717, 1.165) is 0 Å². The van der Waals surface area contributed by atoms with Crippen molar-refractivity contribution in [3.63, 3.8) is 0 Å². The minimum Gasteiger partial charge on any atom is -0.458 e. The number of nitrogens with zero attached hydrogens (tertiary/aromatic N) is 1. The third-order valence-corrected chi connectivity index (χ3v) is 8.79. The molecule has 13 heteroatoms. The summed E-state index contributed by atoms with van der Waals surface area (Å²) in [5.41, 5.74) is -3.54. The molecule has 1 unspecified atom stereocenters. The zero-order valence-corrected chi connectivity index (χ0v) is 32.2. The Labute approximate surface area is 288 Å². The largest absolute Gasteiger partial charge is 0.495 e. The molecule has 2 heterocycles. The number of amides is 2. The second-order valence-electron chi connectivity index (χ2n) is 17.7. The Bertz CT molecular complexity index is 1320. The zero-order valence-electron chi connectivity index (χ0n) is 32.2. The van der Waals surface area contributed by atoms with Crippen molar-refractivity contribution in [3.05, 3.63) is 23.8 Å². The third kappa shape index (κ3) is 9.34. The van der Waals surface area contributed by atoms with Crippen LogP contribution >= 0.6 is 0 Å². The number of hydrogen-bond donors (Lipinski definition) is 0. The Balaban J connectivity index is 2.22. The Kier molecular flexibility index (Phi) is 10.7. The first-order valence-electron chi connectivity index (χ1n) is 16.7. The van der Waals surface area contributed by atoms with Gasteiger partial charge in [0.15, 0.2) is 0 Å². The van der Waals surface area contributed by atoms with E-state index in [4.69, 9.17) is 32.8 Å². The molecule has 0 N–H and O–H groups in total. The highest BCUT2D eigenvalue weighted by Gasteiger charge is 2.55. The molecule has 1 atom stereocenters. The van der Waals surface area contributed by atoms with Gasteiger partial charge in [-0.25, -0.2) is 14.4 Å². The maximum atomic E-state index is 14.0. The topological polar surface area (TPSA) is 119 Å². The van der Waals surface area contributed by atoms with Gasteiger partial charge in [-0.3, -0.25) is 0 Å². The molecule has 48 heavy (non-hydrogen) atoms. The van der Waals surface area contributed by atoms with Crippen LogP contribution in [0.25, 0.3) is 0 Å². The Morgan fingerprint density at radius 3 is 1.40 bits per heavy atom. The normalized spacial score (nSPS) is 20.7. The quantitative estimate of drug-likeness (QED) is 0.211. The third-order valence-electron chi connectivity index (χ3n) is 8.79. The molecular formula is C35H57B2NO10. The summed E-state index contributed by atoms with van der Waals surface area (Å²) in [4.78, 5) is 42.3. The number of ether oxygens (including phenoxy) is 3. The van der Waals surface area contributed by atoms with Gasteiger partial charge in [0, 0.05) is 6.42 Å². The smallest absolute Gasteiger partial charge is 0.458 e. The highest BCUT2D eigenvalue weighted by molar-refractivity contribution is 6.66. The summed E-state index contributed by atoms with van der Waals surface area (Å²) in [7, 11) is -1.55. The standard InChI is InChI=1S/C35H57B2NO10/c1-29(2,3)42-26(39)25(38(27(40)43-30(4,5)6)28(41)44-31(7,8)9)20-22-18-19-23(36-45-32(10,11)33(12,13)46-36)21-24(22)37-47-34(14,15)35(16,17)48-37/h18-19,21,25H,20H2,1-17H3. The van der Waals surface area contributed by atoms with Crippen molar-refractivity contribution in [1.82, 2.24) is 4.90 Å². The monoisotopic (exact) mass is 673 g/mol. The molecule has 11 nitrogen and oxygen atoms in total. The summed E-state index contributed by atoms with van der Waals surface area (Å²) in [6.07, 6.45) is -2.24. The fraction of sp³-hybridized carbons (Fsp3) is 0.743. The summed E-state index contributed by atoms with van der Waals surface area (Å²) in [6.45, 7) is 30.9. The molecule has 0 aromatic heterocycles. The zero-order chi connectivity index (χ0) is 37.1.